The fraction of sp³-hybridized carbons (Fsp3) is 0.125. The summed E-state index contributed by atoms with van der Waals surface area (Å²) in [6, 6.07) is 23.4. The molecule has 0 aliphatic rings. The van der Waals surface area contributed by atoms with E-state index in [4.69, 9.17) is 11.6 Å². The first-order valence-electron chi connectivity index (χ1n) is 9.79. The molecule has 4 aromatic rings. The average molecular weight is 449 g/mol. The van der Waals surface area contributed by atoms with Crippen molar-refractivity contribution in [3.05, 3.63) is 100 Å². The first-order valence-corrected chi connectivity index (χ1v) is 11.0. The maximum Gasteiger partial charge on any atom is 0.255 e. The minimum Gasteiger partial charge on any atom is -0.321 e. The van der Waals surface area contributed by atoms with E-state index in [-0.39, 0.29) is 11.2 Å². The summed E-state index contributed by atoms with van der Waals surface area (Å²) in [4.78, 5) is 17.9. The van der Waals surface area contributed by atoms with Gasteiger partial charge in [0.05, 0.1) is 12.2 Å². The van der Waals surface area contributed by atoms with Crippen LogP contribution in [0.5, 0.6) is 0 Å². The molecule has 3 aromatic carbocycles. The van der Waals surface area contributed by atoms with E-state index in [1.54, 1.807) is 4.68 Å². The van der Waals surface area contributed by atoms with Crippen molar-refractivity contribution >= 4 is 35.0 Å². The highest BCUT2D eigenvalue weighted by molar-refractivity contribution is 7.99. The predicted octanol–water partition coefficient (Wildman–Crippen LogP) is 6.00. The van der Waals surface area contributed by atoms with Crippen molar-refractivity contribution < 1.29 is 4.79 Å². The zero-order valence-electron chi connectivity index (χ0n) is 17.2. The molecule has 0 aliphatic heterocycles. The fourth-order valence-corrected chi connectivity index (χ4v) is 4.14. The monoisotopic (exact) mass is 448 g/mol. The van der Waals surface area contributed by atoms with Crippen LogP contribution < -0.4 is 5.32 Å². The van der Waals surface area contributed by atoms with Crippen molar-refractivity contribution in [2.45, 2.75) is 30.4 Å². The predicted molar refractivity (Wildman–Crippen MR) is 125 cm³/mol. The van der Waals surface area contributed by atoms with Crippen molar-refractivity contribution in [3.63, 3.8) is 0 Å². The number of hydrogen-bond acceptors (Lipinski definition) is 4. The molecule has 0 bridgehead atoms. The number of amides is 1. The Bertz CT molecular complexity index is 1200. The molecule has 1 aromatic heterocycles. The Balaban J connectivity index is 1.56. The van der Waals surface area contributed by atoms with Gasteiger partial charge in [0.25, 0.3) is 5.91 Å². The lowest BCUT2D eigenvalue weighted by atomic mass is 10.1. The highest BCUT2D eigenvalue weighted by atomic mass is 35.5. The van der Waals surface area contributed by atoms with Crippen molar-refractivity contribution in [1.82, 2.24) is 14.8 Å². The van der Waals surface area contributed by atoms with E-state index in [0.717, 1.165) is 16.0 Å². The molecule has 0 radical (unpaired) electrons. The summed E-state index contributed by atoms with van der Waals surface area (Å²) in [6.45, 7) is 4.60. The summed E-state index contributed by atoms with van der Waals surface area (Å²) in [5, 5.41) is 8.18. The Morgan fingerprint density at radius 3 is 2.32 bits per heavy atom. The first-order chi connectivity index (χ1) is 15.0. The molecule has 1 N–H and O–H groups in total. The molecule has 1 heterocycles. The van der Waals surface area contributed by atoms with E-state index in [0.29, 0.717) is 23.0 Å². The highest BCUT2D eigenvalue weighted by Crippen LogP contribution is 2.33. The van der Waals surface area contributed by atoms with Gasteiger partial charge in [-0.15, -0.1) is 5.10 Å². The van der Waals surface area contributed by atoms with Crippen LogP contribution in [0, 0.1) is 13.8 Å². The third kappa shape index (κ3) is 5.34. The zero-order chi connectivity index (χ0) is 21.8. The Hall–Kier alpha value is -3.09. The quantitative estimate of drug-likeness (QED) is 0.393. The molecule has 0 aliphatic carbocycles. The molecule has 0 fully saturated rings. The summed E-state index contributed by atoms with van der Waals surface area (Å²) < 4.78 is 1.77. The molecule has 1 amide bonds. The molecule has 0 unspecified atom stereocenters. The van der Waals surface area contributed by atoms with Crippen molar-refractivity contribution in [2.24, 2.45) is 0 Å². The molecule has 31 heavy (non-hydrogen) atoms. The van der Waals surface area contributed by atoms with E-state index in [2.05, 4.69) is 46.6 Å². The van der Waals surface area contributed by atoms with Gasteiger partial charge in [0.2, 0.25) is 5.28 Å². The van der Waals surface area contributed by atoms with Gasteiger partial charge in [-0.05, 0) is 67.0 Å². The second-order valence-electron chi connectivity index (χ2n) is 7.23. The normalized spacial score (nSPS) is 10.8. The second kappa shape index (κ2) is 9.37. The van der Waals surface area contributed by atoms with Gasteiger partial charge in [0, 0.05) is 10.5 Å². The molecule has 0 spiro atoms. The van der Waals surface area contributed by atoms with Gasteiger partial charge in [0.1, 0.15) is 0 Å². The standard InChI is InChI=1S/C24H21ClN4OS/c1-16-7-11-18(12-8-16)15-29-24(27-23(25)28-29)31-21-6-4-3-5-20(21)26-22(30)19-13-9-17(2)10-14-19/h3-14H,15H2,1-2H3,(H,26,30). The number of anilines is 1. The number of hydrogen-bond donors (Lipinski definition) is 1. The maximum absolute atomic E-state index is 12.7. The molecule has 156 valence electrons. The van der Waals surface area contributed by atoms with Crippen LogP contribution in [0.15, 0.2) is 82.8 Å². The van der Waals surface area contributed by atoms with Gasteiger partial charge in [-0.25, -0.2) is 4.68 Å². The van der Waals surface area contributed by atoms with Crippen molar-refractivity contribution in [3.8, 4) is 0 Å². The minimum absolute atomic E-state index is 0.160. The molecular formula is C24H21ClN4OS. The van der Waals surface area contributed by atoms with Gasteiger partial charge in [-0.2, -0.15) is 4.98 Å². The number of carbonyl (C=O) groups excluding carboxylic acids is 1. The van der Waals surface area contributed by atoms with Crippen LogP contribution in [-0.4, -0.2) is 20.7 Å². The Kier molecular flexibility index (Phi) is 6.39. The summed E-state index contributed by atoms with van der Waals surface area (Å²) in [5.74, 6) is -0.160. The lowest BCUT2D eigenvalue weighted by Crippen LogP contribution is -2.12. The Labute approximate surface area is 190 Å². The third-order valence-corrected chi connectivity index (χ3v) is 5.94. The topological polar surface area (TPSA) is 59.8 Å². The third-order valence-electron chi connectivity index (χ3n) is 4.72. The lowest BCUT2D eigenvalue weighted by molar-refractivity contribution is 0.102. The molecule has 0 atom stereocenters. The maximum atomic E-state index is 12.7. The minimum atomic E-state index is -0.160. The zero-order valence-corrected chi connectivity index (χ0v) is 18.7. The summed E-state index contributed by atoms with van der Waals surface area (Å²) in [5.41, 5.74) is 4.73. The van der Waals surface area contributed by atoms with Crippen LogP contribution in [0.3, 0.4) is 0 Å². The van der Waals surface area contributed by atoms with E-state index in [1.807, 2.05) is 55.5 Å². The van der Waals surface area contributed by atoms with Crippen LogP contribution in [0.25, 0.3) is 0 Å². The number of nitrogens with zero attached hydrogens (tertiary/aromatic N) is 3. The van der Waals surface area contributed by atoms with E-state index in [9.17, 15) is 4.79 Å². The molecule has 0 saturated heterocycles. The van der Waals surface area contributed by atoms with Gasteiger partial charge in [-0.3, -0.25) is 4.79 Å². The van der Waals surface area contributed by atoms with Gasteiger partial charge >= 0.3 is 0 Å². The highest BCUT2D eigenvalue weighted by Gasteiger charge is 2.15. The number of nitrogens with one attached hydrogen (secondary N) is 1. The number of aryl methyl sites for hydroxylation is 2. The van der Waals surface area contributed by atoms with Crippen LogP contribution >= 0.6 is 23.4 Å². The summed E-state index contributed by atoms with van der Waals surface area (Å²) in [6.07, 6.45) is 0. The Morgan fingerprint density at radius 2 is 1.61 bits per heavy atom. The number of rotatable bonds is 6. The van der Waals surface area contributed by atoms with Crippen LogP contribution in [0.4, 0.5) is 5.69 Å². The molecule has 4 rings (SSSR count). The number of halogens is 1. The summed E-state index contributed by atoms with van der Waals surface area (Å²) in [7, 11) is 0. The fourth-order valence-electron chi connectivity index (χ4n) is 3.00. The van der Waals surface area contributed by atoms with Crippen molar-refractivity contribution in [2.75, 3.05) is 5.32 Å². The SMILES string of the molecule is Cc1ccc(Cn2nc(Cl)nc2Sc2ccccc2NC(=O)c2ccc(C)cc2)cc1. The smallest absolute Gasteiger partial charge is 0.255 e. The van der Waals surface area contributed by atoms with E-state index >= 15 is 0 Å². The van der Waals surface area contributed by atoms with E-state index < -0.39 is 0 Å². The van der Waals surface area contributed by atoms with E-state index in [1.165, 1.54) is 17.3 Å². The Morgan fingerprint density at radius 1 is 0.968 bits per heavy atom. The number of aromatic nitrogens is 3. The molecule has 5 nitrogen and oxygen atoms in total. The number of para-hydroxylation sites is 1. The number of carbonyl (C=O) groups is 1. The van der Waals surface area contributed by atoms with Crippen LogP contribution in [-0.2, 0) is 6.54 Å². The largest absolute Gasteiger partial charge is 0.321 e. The van der Waals surface area contributed by atoms with Crippen LogP contribution in [0.2, 0.25) is 5.28 Å². The number of benzene rings is 3. The van der Waals surface area contributed by atoms with Gasteiger partial charge < -0.3 is 5.32 Å². The van der Waals surface area contributed by atoms with Crippen LogP contribution in [0.1, 0.15) is 27.0 Å². The second-order valence-corrected chi connectivity index (χ2v) is 8.57. The molecule has 0 saturated carbocycles. The van der Waals surface area contributed by atoms with Crippen molar-refractivity contribution in [1.29, 1.82) is 0 Å². The summed E-state index contributed by atoms with van der Waals surface area (Å²) >= 11 is 7.53. The first kappa shape index (κ1) is 21.2. The van der Waals surface area contributed by atoms with Gasteiger partial charge in [0.15, 0.2) is 5.16 Å². The molecule has 7 heteroatoms. The molecular weight excluding hydrogens is 428 g/mol. The lowest BCUT2D eigenvalue weighted by Gasteiger charge is -2.11. The van der Waals surface area contributed by atoms with Gasteiger partial charge in [-0.1, -0.05) is 59.7 Å². The average Bonchev–Trinajstić information content (AvgIpc) is 3.10.